The molecule has 1 aliphatic heterocycles. The summed E-state index contributed by atoms with van der Waals surface area (Å²) in [6.07, 6.45) is 8.64. The lowest BCUT2D eigenvalue weighted by Crippen LogP contribution is -2.03. The molecular formula is C6H9N. The third kappa shape index (κ3) is 1.44. The third-order valence-electron chi connectivity index (χ3n) is 0.864. The Morgan fingerprint density at radius 3 is 3.57 bits per heavy atom. The fraction of sp³-hybridized carbons (Fsp3) is 0.333. The van der Waals surface area contributed by atoms with Crippen molar-refractivity contribution in [1.29, 1.82) is 0 Å². The van der Waals surface area contributed by atoms with E-state index in [1.807, 2.05) is 12.2 Å². The van der Waals surface area contributed by atoms with Gasteiger partial charge in [0, 0.05) is 6.54 Å². The highest BCUT2D eigenvalue weighted by Gasteiger charge is 1.78. The molecule has 0 amide bonds. The lowest BCUT2D eigenvalue weighted by molar-refractivity contribution is 0.860. The van der Waals surface area contributed by atoms with Crippen LogP contribution < -0.4 is 5.31 Å². The molecule has 0 aromatic heterocycles. The first-order chi connectivity index (χ1) is 3.89. The Labute approximate surface area is 45.2 Å². The van der Waals surface area contributed by atoms with Crippen LogP contribution >= 0.6 is 0 Å². The van der Waals surface area contributed by atoms with Crippen LogP contribution in [0.4, 0.5) is 0 Å². The molecule has 38 valence electrons. The van der Waals surface area contributed by atoms with E-state index in [2.05, 4.69) is 6.08 Å². The summed E-state index contributed by atoms with van der Waals surface area (Å²) in [4.78, 5) is 0. The number of hydrogen-bond donors (Lipinski definition) is 1. The molecule has 0 aromatic rings. The van der Waals surface area contributed by atoms with E-state index in [1.165, 1.54) is 5.31 Å². The molecule has 0 saturated heterocycles. The highest BCUT2D eigenvalue weighted by atomic mass is 14.8. The zero-order valence-corrected chi connectivity index (χ0v) is 4.17. The van der Waals surface area contributed by atoms with E-state index in [4.69, 9.17) is 1.41 Å². The van der Waals surface area contributed by atoms with E-state index in [0.717, 1.165) is 13.0 Å². The van der Waals surface area contributed by atoms with Gasteiger partial charge in [0.25, 0.3) is 0 Å². The van der Waals surface area contributed by atoms with E-state index in [-0.39, 0.29) is 0 Å². The average molecular weight is 96.2 g/mol. The van der Waals surface area contributed by atoms with Gasteiger partial charge in [-0.25, -0.2) is 0 Å². The molecule has 1 N–H and O–H groups in total. The number of hydrogen-bond acceptors (Lipinski definition) is 1. The van der Waals surface area contributed by atoms with Crippen LogP contribution in [0.25, 0.3) is 0 Å². The molecule has 1 heteroatoms. The summed E-state index contributed by atoms with van der Waals surface area (Å²) in [5.74, 6) is 0. The van der Waals surface area contributed by atoms with Gasteiger partial charge >= 0.3 is 0 Å². The first-order valence-corrected chi connectivity index (χ1v) is 2.48. The first kappa shape index (κ1) is 3.30. The van der Waals surface area contributed by atoms with Gasteiger partial charge in [0.15, 0.2) is 1.41 Å². The van der Waals surface area contributed by atoms with Gasteiger partial charge in [-0.05, 0) is 18.7 Å². The molecule has 0 aromatic carbocycles. The van der Waals surface area contributed by atoms with Crippen molar-refractivity contribution in [3.8, 4) is 0 Å². The van der Waals surface area contributed by atoms with Gasteiger partial charge < -0.3 is 5.31 Å². The van der Waals surface area contributed by atoms with Gasteiger partial charge in [0.05, 0.1) is 0 Å². The van der Waals surface area contributed by atoms with E-state index in [9.17, 15) is 0 Å². The SMILES string of the molecule is [2H]N1C=CC=CCC1. The minimum atomic E-state index is 0.812. The molecule has 0 spiro atoms. The molecule has 1 heterocycles. The molecule has 1 aliphatic rings. The minimum absolute atomic E-state index is 0.812. The Balaban J connectivity index is 2.46. The van der Waals surface area contributed by atoms with Crippen molar-refractivity contribution in [3.05, 3.63) is 24.4 Å². The lowest BCUT2D eigenvalue weighted by atomic mass is 10.4. The standard InChI is InChI=1S/C6H9N/c1-2-4-6-7-5-3-1/h1-3,5,7H,4,6H2/i/hD. The monoisotopic (exact) mass is 96.1 g/mol. The summed E-state index contributed by atoms with van der Waals surface area (Å²) in [5.41, 5.74) is 0. The summed E-state index contributed by atoms with van der Waals surface area (Å²) >= 11 is 0. The number of rotatable bonds is 0. The molecule has 0 aliphatic carbocycles. The van der Waals surface area contributed by atoms with Crippen LogP contribution in [0, 0.1) is 0 Å². The molecule has 1 nitrogen and oxygen atoms in total. The molecule has 0 bridgehead atoms. The molecule has 0 fully saturated rings. The number of nitrogens with one attached hydrogen (secondary N) is 1. The topological polar surface area (TPSA) is 12.0 Å². The van der Waals surface area contributed by atoms with Crippen LogP contribution in [-0.4, -0.2) is 6.54 Å². The highest BCUT2D eigenvalue weighted by molar-refractivity contribution is 5.03. The Kier molecular flexibility index (Phi) is 1.16. The predicted molar refractivity (Wildman–Crippen MR) is 30.9 cm³/mol. The summed E-state index contributed by atoms with van der Waals surface area (Å²) in [7, 11) is 0. The van der Waals surface area contributed by atoms with Gasteiger partial charge in [-0.15, -0.1) is 0 Å². The summed E-state index contributed by atoms with van der Waals surface area (Å²) in [6, 6.07) is 0. The first-order valence-electron chi connectivity index (χ1n) is 2.93. The molecule has 0 atom stereocenters. The van der Waals surface area contributed by atoms with Crippen molar-refractivity contribution in [2.24, 2.45) is 0 Å². The smallest absolute Gasteiger partial charge is 0.159 e. The normalized spacial score (nSPS) is 21.7. The maximum absolute atomic E-state index is 7.12. The Bertz CT molecular complexity index is 118. The quantitative estimate of drug-likeness (QED) is 0.475. The number of allylic oxidation sites excluding steroid dienone is 2. The van der Waals surface area contributed by atoms with E-state index < -0.39 is 0 Å². The molecule has 0 radical (unpaired) electrons. The van der Waals surface area contributed by atoms with Crippen molar-refractivity contribution in [2.45, 2.75) is 6.42 Å². The Morgan fingerprint density at radius 2 is 2.57 bits per heavy atom. The van der Waals surface area contributed by atoms with Crippen molar-refractivity contribution < 1.29 is 1.41 Å². The molecule has 0 saturated carbocycles. The largest absolute Gasteiger partial charge is 0.391 e. The van der Waals surface area contributed by atoms with Gasteiger partial charge in [-0.1, -0.05) is 12.2 Å². The van der Waals surface area contributed by atoms with Crippen LogP contribution in [0.5, 0.6) is 0 Å². The van der Waals surface area contributed by atoms with Crippen LogP contribution in [0.3, 0.4) is 0 Å². The second kappa shape index (κ2) is 2.45. The average Bonchev–Trinajstić information content (AvgIpc) is 1.94. The van der Waals surface area contributed by atoms with Gasteiger partial charge in [0.2, 0.25) is 0 Å². The summed E-state index contributed by atoms with van der Waals surface area (Å²) in [5, 5.41) is 1.43. The third-order valence-corrected chi connectivity index (χ3v) is 0.864. The van der Waals surface area contributed by atoms with Gasteiger partial charge in [0.1, 0.15) is 0 Å². The molecular weight excluding hydrogens is 86.1 g/mol. The predicted octanol–water partition coefficient (Wildman–Crippen LogP) is 1.05. The lowest BCUT2D eigenvalue weighted by Gasteiger charge is -1.89. The molecule has 1 rings (SSSR count). The fourth-order valence-electron chi connectivity index (χ4n) is 0.509. The van der Waals surface area contributed by atoms with Crippen LogP contribution in [-0.2, 0) is 0 Å². The van der Waals surface area contributed by atoms with Crippen LogP contribution in [0.2, 0.25) is 1.41 Å². The Hall–Kier alpha value is -0.720. The highest BCUT2D eigenvalue weighted by Crippen LogP contribution is 1.85. The van der Waals surface area contributed by atoms with E-state index in [1.54, 1.807) is 6.20 Å². The maximum Gasteiger partial charge on any atom is 0.159 e. The maximum atomic E-state index is 7.12. The van der Waals surface area contributed by atoms with Crippen molar-refractivity contribution in [2.75, 3.05) is 6.54 Å². The van der Waals surface area contributed by atoms with Gasteiger partial charge in [-0.2, -0.15) is 0 Å². The minimum Gasteiger partial charge on any atom is -0.391 e. The van der Waals surface area contributed by atoms with Crippen LogP contribution in [0.1, 0.15) is 6.42 Å². The Morgan fingerprint density at radius 1 is 1.57 bits per heavy atom. The fourth-order valence-corrected chi connectivity index (χ4v) is 0.509. The zero-order chi connectivity index (χ0) is 5.82. The summed E-state index contributed by atoms with van der Waals surface area (Å²) < 4.78 is 7.12. The van der Waals surface area contributed by atoms with Crippen molar-refractivity contribution in [3.63, 3.8) is 0 Å². The summed E-state index contributed by atoms with van der Waals surface area (Å²) in [6.45, 7) is 0.812. The second-order valence-corrected chi connectivity index (χ2v) is 1.46. The van der Waals surface area contributed by atoms with Crippen molar-refractivity contribution in [1.82, 2.24) is 5.31 Å². The van der Waals surface area contributed by atoms with Crippen LogP contribution in [0.15, 0.2) is 24.4 Å². The molecule has 0 unspecified atom stereocenters. The van der Waals surface area contributed by atoms with E-state index >= 15 is 0 Å². The van der Waals surface area contributed by atoms with E-state index in [0.29, 0.717) is 0 Å². The molecule has 7 heavy (non-hydrogen) atoms. The van der Waals surface area contributed by atoms with Crippen molar-refractivity contribution >= 4 is 0 Å². The second-order valence-electron chi connectivity index (χ2n) is 1.46. The zero-order valence-electron chi connectivity index (χ0n) is 5.17. The van der Waals surface area contributed by atoms with Gasteiger partial charge in [-0.3, -0.25) is 0 Å².